The number of amides is 1. The van der Waals surface area contributed by atoms with Gasteiger partial charge in [-0.2, -0.15) is 0 Å². The van der Waals surface area contributed by atoms with Crippen LogP contribution >= 0.6 is 0 Å². The molecule has 0 saturated heterocycles. The average molecular weight is 345 g/mol. The van der Waals surface area contributed by atoms with Crippen LogP contribution in [0.15, 0.2) is 24.4 Å². The Kier molecular flexibility index (Phi) is 4.99. The van der Waals surface area contributed by atoms with E-state index >= 15 is 0 Å². The molecule has 1 aromatic carbocycles. The molecular weight excluding hydrogens is 327 g/mol. The van der Waals surface area contributed by atoms with Crippen LogP contribution < -0.4 is 16.3 Å². The number of anilines is 2. The van der Waals surface area contributed by atoms with Crippen molar-refractivity contribution in [1.82, 2.24) is 10.5 Å². The molecule has 0 spiro atoms. The fourth-order valence-electron chi connectivity index (χ4n) is 2.39. The van der Waals surface area contributed by atoms with E-state index in [1.807, 2.05) is 13.9 Å². The Morgan fingerprint density at radius 2 is 2.16 bits per heavy atom. The van der Waals surface area contributed by atoms with Crippen LogP contribution in [0.1, 0.15) is 28.8 Å². The van der Waals surface area contributed by atoms with Crippen molar-refractivity contribution in [2.75, 3.05) is 11.9 Å². The van der Waals surface area contributed by atoms with Gasteiger partial charge in [0.1, 0.15) is 13.7 Å². The number of hydrogen-bond acceptors (Lipinski definition) is 4. The molecule has 0 aliphatic heterocycles. The smallest absolute Gasteiger partial charge is 0.277 e. The molecule has 0 radical (unpaired) electrons. The number of pyridine rings is 1. The summed E-state index contributed by atoms with van der Waals surface area (Å²) in [5.41, 5.74) is 3.64. The van der Waals surface area contributed by atoms with Gasteiger partial charge in [0, 0.05) is 6.20 Å². The number of aromatic nitrogens is 1. The minimum atomic E-state index is -1.14. The van der Waals surface area contributed by atoms with Crippen LogP contribution in [-0.2, 0) is 4.84 Å². The van der Waals surface area contributed by atoms with E-state index in [2.05, 4.69) is 15.8 Å². The summed E-state index contributed by atoms with van der Waals surface area (Å²) in [7, 11) is 1.88. The third-order valence-electron chi connectivity index (χ3n) is 3.98. The molecule has 2 aromatic rings. The highest BCUT2D eigenvalue weighted by molar-refractivity contribution is 6.32. The van der Waals surface area contributed by atoms with Crippen molar-refractivity contribution < 1.29 is 18.4 Å². The number of aryl methyl sites for hydroxylation is 1. The number of carbonyl (C=O) groups is 1. The predicted octanol–water partition coefficient (Wildman–Crippen LogP) is 1.74. The number of benzene rings is 1. The molecule has 1 saturated carbocycles. The molecule has 1 heterocycles. The molecule has 8 heteroatoms. The van der Waals surface area contributed by atoms with Crippen LogP contribution in [-0.4, -0.2) is 25.3 Å². The lowest BCUT2D eigenvalue weighted by molar-refractivity contribution is 0.0270. The van der Waals surface area contributed by atoms with Gasteiger partial charge in [0.15, 0.2) is 11.6 Å². The second kappa shape index (κ2) is 7.19. The van der Waals surface area contributed by atoms with Crippen LogP contribution in [0.25, 0.3) is 0 Å². The molecule has 5 nitrogen and oxygen atoms in total. The summed E-state index contributed by atoms with van der Waals surface area (Å²) >= 11 is 0. The van der Waals surface area contributed by atoms with Gasteiger partial charge in [-0.25, -0.2) is 19.2 Å². The number of nitrogens with one attached hydrogen (secondary N) is 2. The first-order valence-electron chi connectivity index (χ1n) is 8.06. The maximum absolute atomic E-state index is 14.3. The highest BCUT2D eigenvalue weighted by Crippen LogP contribution is 2.29. The zero-order chi connectivity index (χ0) is 18.0. The van der Waals surface area contributed by atoms with E-state index in [-0.39, 0.29) is 11.3 Å². The first kappa shape index (κ1) is 17.4. The van der Waals surface area contributed by atoms with E-state index in [4.69, 9.17) is 4.84 Å². The SMILES string of the molecule is Bc1cnc(Nc2c(C(=O)NOCC3CC3)ccc(F)c2F)c(C)c1. The second-order valence-electron chi connectivity index (χ2n) is 6.27. The van der Waals surface area contributed by atoms with Gasteiger partial charge >= 0.3 is 0 Å². The molecule has 0 atom stereocenters. The van der Waals surface area contributed by atoms with Crippen LogP contribution in [0.4, 0.5) is 20.3 Å². The summed E-state index contributed by atoms with van der Waals surface area (Å²) in [5, 5.41) is 2.73. The fourth-order valence-corrected chi connectivity index (χ4v) is 2.39. The number of halogens is 2. The van der Waals surface area contributed by atoms with Gasteiger partial charge in [0.05, 0.1) is 17.9 Å². The molecule has 1 aliphatic carbocycles. The first-order chi connectivity index (χ1) is 12.0. The average Bonchev–Trinajstić information content (AvgIpc) is 3.38. The normalized spacial score (nSPS) is 13.6. The standard InChI is InChI=1S/C17H18BF2N3O2/c1-9-6-11(18)7-21-16(9)22-15-12(4-5-13(19)14(15)20)17(24)23-25-8-10-2-3-10/h4-7,10H,2-3,8,18H2,1H3,(H,21,22)(H,23,24). The van der Waals surface area contributed by atoms with Gasteiger partial charge in [-0.3, -0.25) is 9.63 Å². The third-order valence-corrected chi connectivity index (χ3v) is 3.98. The lowest BCUT2D eigenvalue weighted by atomic mass is 9.97. The Labute approximate surface area is 145 Å². The van der Waals surface area contributed by atoms with E-state index in [1.165, 1.54) is 6.07 Å². The maximum Gasteiger partial charge on any atom is 0.277 e. The summed E-state index contributed by atoms with van der Waals surface area (Å²) in [6.45, 7) is 2.20. The summed E-state index contributed by atoms with van der Waals surface area (Å²) in [4.78, 5) is 21.6. The molecule has 25 heavy (non-hydrogen) atoms. The first-order valence-corrected chi connectivity index (χ1v) is 8.06. The van der Waals surface area contributed by atoms with Crippen LogP contribution in [0, 0.1) is 24.5 Å². The van der Waals surface area contributed by atoms with Crippen molar-refractivity contribution >= 4 is 30.7 Å². The summed E-state index contributed by atoms with van der Waals surface area (Å²) < 4.78 is 28.0. The molecule has 2 N–H and O–H groups in total. The van der Waals surface area contributed by atoms with Crippen molar-refractivity contribution in [3.05, 3.63) is 47.2 Å². The molecule has 1 aromatic heterocycles. The van der Waals surface area contributed by atoms with Gasteiger partial charge in [0.25, 0.3) is 5.91 Å². The van der Waals surface area contributed by atoms with Crippen molar-refractivity contribution in [2.24, 2.45) is 5.92 Å². The molecule has 1 amide bonds. The number of nitrogens with zero attached hydrogens (tertiary/aromatic N) is 1. The third kappa shape index (κ3) is 4.14. The Morgan fingerprint density at radius 3 is 2.84 bits per heavy atom. The predicted molar refractivity (Wildman–Crippen MR) is 92.9 cm³/mol. The highest BCUT2D eigenvalue weighted by Gasteiger charge is 2.23. The second-order valence-corrected chi connectivity index (χ2v) is 6.27. The van der Waals surface area contributed by atoms with Crippen molar-refractivity contribution in [2.45, 2.75) is 19.8 Å². The molecule has 0 unspecified atom stereocenters. The quantitative estimate of drug-likeness (QED) is 0.619. The summed E-state index contributed by atoms with van der Waals surface area (Å²) in [6.07, 6.45) is 3.75. The van der Waals surface area contributed by atoms with Gasteiger partial charge in [0.2, 0.25) is 0 Å². The van der Waals surface area contributed by atoms with E-state index < -0.39 is 17.5 Å². The topological polar surface area (TPSA) is 63.2 Å². The lowest BCUT2D eigenvalue weighted by Crippen LogP contribution is -2.26. The van der Waals surface area contributed by atoms with Gasteiger partial charge in [-0.05, 0) is 43.4 Å². The zero-order valence-electron chi connectivity index (χ0n) is 14.0. The minimum absolute atomic E-state index is 0.0588. The van der Waals surface area contributed by atoms with Crippen LogP contribution in [0.2, 0.25) is 0 Å². The molecule has 3 rings (SSSR count). The summed E-state index contributed by atoms with van der Waals surface area (Å²) in [6, 6.07) is 3.97. The van der Waals surface area contributed by atoms with E-state index in [9.17, 15) is 13.6 Å². The van der Waals surface area contributed by atoms with Gasteiger partial charge < -0.3 is 5.32 Å². The molecule has 1 fully saturated rings. The number of hydrogen-bond donors (Lipinski definition) is 2. The Morgan fingerprint density at radius 1 is 1.40 bits per heavy atom. The number of rotatable bonds is 6. The lowest BCUT2D eigenvalue weighted by Gasteiger charge is -2.14. The fraction of sp³-hybridized carbons (Fsp3) is 0.294. The number of hydroxylamine groups is 1. The highest BCUT2D eigenvalue weighted by atomic mass is 19.2. The zero-order valence-corrected chi connectivity index (χ0v) is 14.0. The van der Waals surface area contributed by atoms with Crippen LogP contribution in [0.5, 0.6) is 0 Å². The summed E-state index contributed by atoms with van der Waals surface area (Å²) in [5.74, 6) is -2.03. The largest absolute Gasteiger partial charge is 0.337 e. The van der Waals surface area contributed by atoms with Crippen molar-refractivity contribution in [3.63, 3.8) is 0 Å². The van der Waals surface area contributed by atoms with Crippen molar-refractivity contribution in [1.29, 1.82) is 0 Å². The van der Waals surface area contributed by atoms with Crippen LogP contribution in [0.3, 0.4) is 0 Å². The Hall–Kier alpha value is -2.48. The van der Waals surface area contributed by atoms with Crippen molar-refractivity contribution in [3.8, 4) is 0 Å². The van der Waals surface area contributed by atoms with E-state index in [0.29, 0.717) is 18.3 Å². The Bertz CT molecular complexity index is 813. The van der Waals surface area contributed by atoms with E-state index in [0.717, 1.165) is 29.9 Å². The number of carbonyl (C=O) groups excluding carboxylic acids is 1. The molecule has 130 valence electrons. The van der Waals surface area contributed by atoms with Gasteiger partial charge in [-0.1, -0.05) is 11.5 Å². The molecule has 1 aliphatic rings. The maximum atomic E-state index is 14.3. The monoisotopic (exact) mass is 345 g/mol. The molecular formula is C17H18BF2N3O2. The van der Waals surface area contributed by atoms with E-state index in [1.54, 1.807) is 13.1 Å². The Balaban J connectivity index is 1.85. The molecule has 0 bridgehead atoms. The van der Waals surface area contributed by atoms with Gasteiger partial charge in [-0.15, -0.1) is 0 Å². The minimum Gasteiger partial charge on any atom is -0.337 e.